The van der Waals surface area contributed by atoms with E-state index in [2.05, 4.69) is 22.5 Å². The predicted molar refractivity (Wildman–Crippen MR) is 159 cm³/mol. The van der Waals surface area contributed by atoms with Crippen molar-refractivity contribution in [3.05, 3.63) is 77.6 Å². The lowest BCUT2D eigenvalue weighted by Crippen LogP contribution is -2.38. The minimum atomic E-state index is -0.619. The molecule has 0 saturated carbocycles. The van der Waals surface area contributed by atoms with E-state index in [0.717, 1.165) is 41.1 Å². The van der Waals surface area contributed by atoms with E-state index < -0.39 is 6.29 Å². The van der Waals surface area contributed by atoms with Crippen molar-refractivity contribution >= 4 is 29.3 Å². The van der Waals surface area contributed by atoms with Gasteiger partial charge < -0.3 is 29.8 Å². The molecule has 0 bridgehead atoms. The number of amides is 2. The van der Waals surface area contributed by atoms with E-state index in [9.17, 15) is 14.7 Å². The fraction of sp³-hybridized carbons (Fsp3) is 0.452. The van der Waals surface area contributed by atoms with Crippen LogP contribution < -0.4 is 10.6 Å². The fourth-order valence-corrected chi connectivity index (χ4v) is 5.89. The van der Waals surface area contributed by atoms with Crippen LogP contribution >= 0.6 is 11.8 Å². The molecule has 2 aromatic carbocycles. The lowest BCUT2D eigenvalue weighted by Gasteiger charge is -2.41. The number of rotatable bonds is 13. The van der Waals surface area contributed by atoms with Crippen LogP contribution in [0.25, 0.3) is 0 Å². The smallest absolute Gasteiger partial charge is 0.224 e. The fourth-order valence-electron chi connectivity index (χ4n) is 4.80. The standard InChI is InChI=1S/C31H40N4O5S/c1-21-27(20-41-31-33-16-17-35(31)3)39-30(40-29(21)24-13-11-23(19-36)12-14-24)25-8-7-9-26(18-25)34-28(38)10-5-4-6-15-32-22(2)37/h7-9,11-14,16-18,21,27,29-30,36H,4-6,10,15,19-20H2,1-3H3,(H,32,37)(H,34,38)/t21-,27+,29+,30+/m0/s1. The summed E-state index contributed by atoms with van der Waals surface area (Å²) in [7, 11) is 1.98. The van der Waals surface area contributed by atoms with E-state index in [0.29, 0.717) is 24.4 Å². The van der Waals surface area contributed by atoms with Crippen molar-refractivity contribution < 1.29 is 24.2 Å². The Kier molecular flexibility index (Phi) is 11.4. The first-order valence-electron chi connectivity index (χ1n) is 14.1. The number of benzene rings is 2. The summed E-state index contributed by atoms with van der Waals surface area (Å²) < 4.78 is 15.1. The number of nitrogens with zero attached hydrogens (tertiary/aromatic N) is 2. The summed E-state index contributed by atoms with van der Waals surface area (Å²) in [6.45, 7) is 4.26. The van der Waals surface area contributed by atoms with Gasteiger partial charge in [0.15, 0.2) is 11.4 Å². The number of ether oxygens (including phenoxy) is 2. The highest BCUT2D eigenvalue weighted by Crippen LogP contribution is 2.43. The van der Waals surface area contributed by atoms with Gasteiger partial charge in [0.2, 0.25) is 11.8 Å². The maximum absolute atomic E-state index is 12.6. The maximum Gasteiger partial charge on any atom is 0.224 e. The Bertz CT molecular complexity index is 1280. The van der Waals surface area contributed by atoms with Crippen LogP contribution in [0.2, 0.25) is 0 Å². The number of carbonyl (C=O) groups excluding carboxylic acids is 2. The van der Waals surface area contributed by atoms with Gasteiger partial charge in [0, 0.05) is 62.3 Å². The Morgan fingerprint density at radius 3 is 2.59 bits per heavy atom. The second-order valence-corrected chi connectivity index (χ2v) is 11.4. The van der Waals surface area contributed by atoms with E-state index in [1.807, 2.05) is 66.3 Å². The summed E-state index contributed by atoms with van der Waals surface area (Å²) in [5.74, 6) is 0.682. The lowest BCUT2D eigenvalue weighted by atomic mass is 9.91. The van der Waals surface area contributed by atoms with Gasteiger partial charge in [-0.15, -0.1) is 0 Å². The number of carbonyl (C=O) groups is 2. The molecule has 1 aromatic heterocycles. The predicted octanol–water partition coefficient (Wildman–Crippen LogP) is 5.13. The summed E-state index contributed by atoms with van der Waals surface area (Å²) in [5, 5.41) is 16.2. The summed E-state index contributed by atoms with van der Waals surface area (Å²) in [5.41, 5.74) is 3.40. The quantitative estimate of drug-likeness (QED) is 0.190. The molecular weight excluding hydrogens is 540 g/mol. The van der Waals surface area contributed by atoms with Crippen LogP contribution in [0.1, 0.15) is 68.6 Å². The number of thioether (sulfide) groups is 1. The van der Waals surface area contributed by atoms with Gasteiger partial charge in [-0.3, -0.25) is 9.59 Å². The molecule has 0 aliphatic carbocycles. The third-order valence-electron chi connectivity index (χ3n) is 7.17. The molecule has 220 valence electrons. The van der Waals surface area contributed by atoms with Gasteiger partial charge in [0.25, 0.3) is 0 Å². The van der Waals surface area contributed by atoms with Gasteiger partial charge in [-0.2, -0.15) is 0 Å². The lowest BCUT2D eigenvalue weighted by molar-refractivity contribution is -0.268. The molecule has 9 nitrogen and oxygen atoms in total. The second kappa shape index (κ2) is 15.2. The Labute approximate surface area is 246 Å². The molecular formula is C31H40N4O5S. The SMILES string of the molecule is CC(=O)NCCCCCC(=O)Nc1cccc([C@@H]2O[C@H](CSc3nccn3C)[C@H](C)[C@H](c3ccc(CO)cc3)O2)c1. The van der Waals surface area contributed by atoms with E-state index in [1.165, 1.54) is 6.92 Å². The number of aromatic nitrogens is 2. The van der Waals surface area contributed by atoms with Crippen LogP contribution in [0.4, 0.5) is 5.69 Å². The molecule has 41 heavy (non-hydrogen) atoms. The number of imidazole rings is 1. The molecule has 0 radical (unpaired) electrons. The Hall–Kier alpha value is -3.18. The minimum Gasteiger partial charge on any atom is -0.392 e. The number of aliphatic hydroxyl groups excluding tert-OH is 1. The highest BCUT2D eigenvalue weighted by molar-refractivity contribution is 7.99. The van der Waals surface area contributed by atoms with Crippen molar-refractivity contribution in [3.8, 4) is 0 Å². The molecule has 3 N–H and O–H groups in total. The molecule has 4 rings (SSSR count). The number of hydrogen-bond acceptors (Lipinski definition) is 7. The first-order chi connectivity index (χ1) is 19.8. The van der Waals surface area contributed by atoms with Crippen LogP contribution in [0, 0.1) is 5.92 Å². The first-order valence-corrected chi connectivity index (χ1v) is 15.1. The maximum atomic E-state index is 12.6. The summed E-state index contributed by atoms with van der Waals surface area (Å²) in [4.78, 5) is 28.0. The number of anilines is 1. The summed E-state index contributed by atoms with van der Waals surface area (Å²) >= 11 is 1.65. The van der Waals surface area contributed by atoms with Crippen molar-refractivity contribution in [2.24, 2.45) is 13.0 Å². The van der Waals surface area contributed by atoms with Crippen molar-refractivity contribution in [1.82, 2.24) is 14.9 Å². The molecule has 1 aliphatic heterocycles. The average molecular weight is 581 g/mol. The van der Waals surface area contributed by atoms with E-state index >= 15 is 0 Å². The zero-order valence-electron chi connectivity index (χ0n) is 23.9. The third-order valence-corrected chi connectivity index (χ3v) is 8.32. The van der Waals surface area contributed by atoms with Crippen LogP contribution in [-0.4, -0.2) is 44.9 Å². The van der Waals surface area contributed by atoms with Crippen molar-refractivity contribution in [2.75, 3.05) is 17.6 Å². The molecule has 1 aliphatic rings. The Balaban J connectivity index is 1.43. The molecule has 2 amide bonds. The third kappa shape index (κ3) is 8.90. The van der Waals surface area contributed by atoms with E-state index in [4.69, 9.17) is 9.47 Å². The molecule has 4 atom stereocenters. The molecule has 0 spiro atoms. The number of hydrogen-bond donors (Lipinski definition) is 3. The topological polar surface area (TPSA) is 115 Å². The number of aliphatic hydroxyl groups is 1. The van der Waals surface area contributed by atoms with Crippen LogP contribution in [-0.2, 0) is 32.7 Å². The van der Waals surface area contributed by atoms with Gasteiger partial charge in [0.1, 0.15) is 0 Å². The zero-order chi connectivity index (χ0) is 29.2. The van der Waals surface area contributed by atoms with Crippen LogP contribution in [0.5, 0.6) is 0 Å². The molecule has 0 unspecified atom stereocenters. The number of aryl methyl sites for hydroxylation is 1. The molecule has 10 heteroatoms. The van der Waals surface area contributed by atoms with Gasteiger partial charge >= 0.3 is 0 Å². The van der Waals surface area contributed by atoms with E-state index in [1.54, 1.807) is 18.0 Å². The largest absolute Gasteiger partial charge is 0.392 e. The van der Waals surface area contributed by atoms with E-state index in [-0.39, 0.29) is 36.5 Å². The number of nitrogens with one attached hydrogen (secondary N) is 2. The normalized spacial score (nSPS) is 20.5. The van der Waals surface area contributed by atoms with Crippen molar-refractivity contribution in [2.45, 2.75) is 69.8 Å². The second-order valence-electron chi connectivity index (χ2n) is 10.4. The minimum absolute atomic E-state index is 0.00832. The first kappa shape index (κ1) is 30.8. The molecule has 2 heterocycles. The molecule has 1 saturated heterocycles. The van der Waals surface area contributed by atoms with Gasteiger partial charge in [-0.05, 0) is 36.1 Å². The molecule has 1 fully saturated rings. The van der Waals surface area contributed by atoms with Crippen molar-refractivity contribution in [1.29, 1.82) is 0 Å². The van der Waals surface area contributed by atoms with Gasteiger partial charge in [0.05, 0.1) is 18.8 Å². The number of unbranched alkanes of at least 4 members (excludes halogenated alkanes) is 2. The van der Waals surface area contributed by atoms with Crippen LogP contribution in [0.3, 0.4) is 0 Å². The molecule has 3 aromatic rings. The Morgan fingerprint density at radius 2 is 1.88 bits per heavy atom. The summed E-state index contributed by atoms with van der Waals surface area (Å²) in [6, 6.07) is 15.5. The van der Waals surface area contributed by atoms with Gasteiger partial charge in [-0.1, -0.05) is 61.5 Å². The highest BCUT2D eigenvalue weighted by atomic mass is 32.2. The zero-order valence-corrected chi connectivity index (χ0v) is 24.7. The van der Waals surface area contributed by atoms with Crippen molar-refractivity contribution in [3.63, 3.8) is 0 Å². The monoisotopic (exact) mass is 580 g/mol. The summed E-state index contributed by atoms with van der Waals surface area (Å²) in [6.07, 6.45) is 5.65. The highest BCUT2D eigenvalue weighted by Gasteiger charge is 2.38. The van der Waals surface area contributed by atoms with Crippen LogP contribution in [0.15, 0.2) is 66.1 Å². The van der Waals surface area contributed by atoms with Gasteiger partial charge in [-0.25, -0.2) is 4.98 Å². The average Bonchev–Trinajstić information content (AvgIpc) is 3.38. The Morgan fingerprint density at radius 1 is 1.07 bits per heavy atom.